The van der Waals surface area contributed by atoms with E-state index < -0.39 is 0 Å². The molecule has 0 aliphatic rings. The predicted octanol–water partition coefficient (Wildman–Crippen LogP) is 6.35. The number of hydrogen-bond donors (Lipinski definition) is 0. The van der Waals surface area contributed by atoms with Gasteiger partial charge in [0.25, 0.3) is 0 Å². The number of nitrogens with zero attached hydrogens (tertiary/aromatic N) is 1. The lowest BCUT2D eigenvalue weighted by atomic mass is 10.1. The Balaban J connectivity index is 0.00000232. The Morgan fingerprint density at radius 1 is 0.957 bits per heavy atom. The summed E-state index contributed by atoms with van der Waals surface area (Å²) in [5, 5.41) is 0. The molecule has 0 atom stereocenters. The zero-order chi connectivity index (χ0) is 17.5. The van der Waals surface area contributed by atoms with Gasteiger partial charge in [0.15, 0.2) is 0 Å². The largest absolute Gasteiger partial charge is 0.299 e. The molecule has 1 rings (SSSR count). The van der Waals surface area contributed by atoms with Crippen LogP contribution in [0.1, 0.15) is 53.0 Å². The van der Waals surface area contributed by atoms with Crippen molar-refractivity contribution >= 4 is 6.08 Å². The zero-order valence-electron chi connectivity index (χ0n) is 16.0. The maximum Gasteiger partial charge on any atom is 0.0166 e. The van der Waals surface area contributed by atoms with Gasteiger partial charge in [0.1, 0.15) is 0 Å². The number of hydrogen-bond acceptors (Lipinski definition) is 1. The molecule has 0 aliphatic carbocycles. The van der Waals surface area contributed by atoms with Gasteiger partial charge in [-0.2, -0.15) is 0 Å². The number of benzene rings is 1. The molecule has 0 N–H and O–H groups in total. The van der Waals surface area contributed by atoms with E-state index in [9.17, 15) is 0 Å². The third-order valence-corrected chi connectivity index (χ3v) is 3.37. The predicted molar refractivity (Wildman–Crippen MR) is 107 cm³/mol. The maximum atomic E-state index is 2.34. The first-order valence-electron chi connectivity index (χ1n) is 8.77. The second-order valence-electron chi connectivity index (χ2n) is 5.90. The van der Waals surface area contributed by atoms with Gasteiger partial charge in [0.2, 0.25) is 0 Å². The van der Waals surface area contributed by atoms with Crippen molar-refractivity contribution < 1.29 is 0 Å². The summed E-state index contributed by atoms with van der Waals surface area (Å²) in [5.41, 5.74) is 4.15. The summed E-state index contributed by atoms with van der Waals surface area (Å²) < 4.78 is 0. The van der Waals surface area contributed by atoms with Crippen molar-refractivity contribution in [2.24, 2.45) is 0 Å². The van der Waals surface area contributed by atoms with E-state index in [1.54, 1.807) is 0 Å². The first kappa shape index (κ1) is 21.4. The lowest BCUT2D eigenvalue weighted by Crippen LogP contribution is -2.18. The normalized spacial score (nSPS) is 11.3. The highest BCUT2D eigenvalue weighted by atomic mass is 15.1. The summed E-state index contributed by atoms with van der Waals surface area (Å²) in [4.78, 5) is 2.32. The molecule has 0 fully saturated rings. The van der Waals surface area contributed by atoms with Crippen LogP contribution in [0, 0.1) is 0 Å². The molecule has 0 unspecified atom stereocenters. The second-order valence-corrected chi connectivity index (χ2v) is 5.90. The Labute approximate surface area is 144 Å². The first-order chi connectivity index (χ1) is 11.1. The minimum atomic E-state index is 0.979. The minimum Gasteiger partial charge on any atom is -0.299 e. The molecule has 0 aliphatic heterocycles. The second kappa shape index (κ2) is 14.0. The van der Waals surface area contributed by atoms with E-state index >= 15 is 0 Å². The topological polar surface area (TPSA) is 3.24 Å². The highest BCUT2D eigenvalue weighted by Gasteiger charge is 1.94. The van der Waals surface area contributed by atoms with Crippen LogP contribution in [0.4, 0.5) is 0 Å². The maximum absolute atomic E-state index is 2.34. The SMILES string of the molecule is CC.CC(C)=CCC/C(C)=C/CN(C)C/C=C/c1ccccc1. The number of likely N-dealkylation sites (N-methyl/N-ethyl adjacent to an activating group) is 1. The lowest BCUT2D eigenvalue weighted by molar-refractivity contribution is 0.412. The van der Waals surface area contributed by atoms with E-state index in [1.165, 1.54) is 23.1 Å². The van der Waals surface area contributed by atoms with Gasteiger partial charge in [-0.25, -0.2) is 0 Å². The molecule has 0 spiro atoms. The van der Waals surface area contributed by atoms with Gasteiger partial charge in [0.05, 0.1) is 0 Å². The van der Waals surface area contributed by atoms with Gasteiger partial charge in [-0.1, -0.05) is 79.6 Å². The van der Waals surface area contributed by atoms with Gasteiger partial charge in [0, 0.05) is 13.1 Å². The fourth-order valence-corrected chi connectivity index (χ4v) is 2.01. The molecule has 0 aromatic heterocycles. The molecule has 0 bridgehead atoms. The van der Waals surface area contributed by atoms with Crippen LogP contribution in [0.2, 0.25) is 0 Å². The number of allylic oxidation sites excluding steroid dienone is 3. The summed E-state index contributed by atoms with van der Waals surface area (Å²) >= 11 is 0. The third-order valence-electron chi connectivity index (χ3n) is 3.37. The van der Waals surface area contributed by atoms with Gasteiger partial charge >= 0.3 is 0 Å². The smallest absolute Gasteiger partial charge is 0.0166 e. The van der Waals surface area contributed by atoms with Crippen molar-refractivity contribution in [3.8, 4) is 0 Å². The third kappa shape index (κ3) is 12.6. The van der Waals surface area contributed by atoms with Gasteiger partial charge < -0.3 is 0 Å². The molecule has 128 valence electrons. The fourth-order valence-electron chi connectivity index (χ4n) is 2.01. The summed E-state index contributed by atoms with van der Waals surface area (Å²) in [6.45, 7) is 12.5. The summed E-state index contributed by atoms with van der Waals surface area (Å²) in [6.07, 6.45) is 11.4. The Morgan fingerprint density at radius 2 is 1.61 bits per heavy atom. The van der Waals surface area contributed by atoms with E-state index in [0.717, 1.165) is 19.5 Å². The molecule has 23 heavy (non-hydrogen) atoms. The van der Waals surface area contributed by atoms with E-state index in [1.807, 2.05) is 19.9 Å². The molecule has 1 aromatic rings. The van der Waals surface area contributed by atoms with Crippen molar-refractivity contribution in [3.05, 3.63) is 65.3 Å². The Kier molecular flexibility index (Phi) is 13.0. The Morgan fingerprint density at radius 3 is 2.22 bits per heavy atom. The van der Waals surface area contributed by atoms with Crippen LogP contribution in [0.3, 0.4) is 0 Å². The Hall–Kier alpha value is -1.60. The summed E-state index contributed by atoms with van der Waals surface area (Å²) in [7, 11) is 2.16. The molecule has 1 nitrogen and oxygen atoms in total. The van der Waals surface area contributed by atoms with Crippen molar-refractivity contribution in [1.82, 2.24) is 4.90 Å². The summed E-state index contributed by atoms with van der Waals surface area (Å²) in [5.74, 6) is 0. The molecular formula is C22H35N. The Bertz CT molecular complexity index is 476. The minimum absolute atomic E-state index is 0.979. The lowest BCUT2D eigenvalue weighted by Gasteiger charge is -2.12. The average Bonchev–Trinajstić information content (AvgIpc) is 2.55. The first-order valence-corrected chi connectivity index (χ1v) is 8.77. The van der Waals surface area contributed by atoms with Crippen molar-refractivity contribution in [2.45, 2.75) is 47.5 Å². The quantitative estimate of drug-likeness (QED) is 0.505. The van der Waals surface area contributed by atoms with E-state index in [4.69, 9.17) is 0 Å². The van der Waals surface area contributed by atoms with Crippen molar-refractivity contribution in [2.75, 3.05) is 20.1 Å². The van der Waals surface area contributed by atoms with Crippen LogP contribution in [0.15, 0.2) is 59.7 Å². The highest BCUT2D eigenvalue weighted by molar-refractivity contribution is 5.48. The fraction of sp³-hybridized carbons (Fsp3) is 0.455. The van der Waals surface area contributed by atoms with Crippen LogP contribution in [-0.2, 0) is 0 Å². The highest BCUT2D eigenvalue weighted by Crippen LogP contribution is 2.07. The molecule has 0 saturated carbocycles. The van der Waals surface area contributed by atoms with Crippen LogP contribution in [-0.4, -0.2) is 25.0 Å². The van der Waals surface area contributed by atoms with Crippen LogP contribution in [0.25, 0.3) is 6.08 Å². The van der Waals surface area contributed by atoms with Gasteiger partial charge in [-0.3, -0.25) is 4.90 Å². The van der Waals surface area contributed by atoms with E-state index in [2.05, 4.69) is 81.3 Å². The van der Waals surface area contributed by atoms with Crippen LogP contribution < -0.4 is 0 Å². The van der Waals surface area contributed by atoms with E-state index in [0.29, 0.717) is 0 Å². The zero-order valence-corrected chi connectivity index (χ0v) is 16.0. The van der Waals surface area contributed by atoms with Gasteiger partial charge in [-0.05, 0) is 46.2 Å². The van der Waals surface area contributed by atoms with Crippen molar-refractivity contribution in [3.63, 3.8) is 0 Å². The summed E-state index contributed by atoms with van der Waals surface area (Å²) in [6, 6.07) is 10.4. The molecule has 0 saturated heterocycles. The van der Waals surface area contributed by atoms with Crippen LogP contribution >= 0.6 is 0 Å². The standard InChI is InChI=1S/C20H29N.C2H6/c1-18(2)10-8-11-19(3)15-17-21(4)16-9-14-20-12-6-5-7-13-20;1-2/h5-7,9-10,12-15H,8,11,16-17H2,1-4H3;1-2H3/b14-9+,19-15+;. The van der Waals surface area contributed by atoms with E-state index in [-0.39, 0.29) is 0 Å². The van der Waals surface area contributed by atoms with Crippen LogP contribution in [0.5, 0.6) is 0 Å². The number of rotatable bonds is 8. The molecule has 1 heteroatoms. The molecule has 0 amide bonds. The average molecular weight is 314 g/mol. The van der Waals surface area contributed by atoms with Crippen molar-refractivity contribution in [1.29, 1.82) is 0 Å². The van der Waals surface area contributed by atoms with Gasteiger partial charge in [-0.15, -0.1) is 0 Å². The molecule has 0 radical (unpaired) electrons. The molecule has 0 heterocycles. The molecular weight excluding hydrogens is 278 g/mol. The molecule has 1 aromatic carbocycles. The monoisotopic (exact) mass is 313 g/mol.